The van der Waals surface area contributed by atoms with Crippen LogP contribution in [0.2, 0.25) is 0 Å². The number of ether oxygens (including phenoxy) is 1. The van der Waals surface area contributed by atoms with Gasteiger partial charge < -0.3 is 14.7 Å². The number of thioether (sulfide) groups is 1. The maximum Gasteiger partial charge on any atom is 0.335 e. The van der Waals surface area contributed by atoms with Crippen molar-refractivity contribution in [1.82, 2.24) is 4.90 Å². The van der Waals surface area contributed by atoms with Gasteiger partial charge in [0.2, 0.25) is 0 Å². The van der Waals surface area contributed by atoms with Crippen molar-refractivity contribution in [3.8, 4) is 0 Å². The lowest BCUT2D eigenvalue weighted by Crippen LogP contribution is -2.44. The van der Waals surface area contributed by atoms with Crippen molar-refractivity contribution in [2.75, 3.05) is 18.1 Å². The first-order valence-electron chi connectivity index (χ1n) is 9.22. The molecule has 0 saturated carbocycles. The molecular weight excluding hydrogens is 408 g/mol. The van der Waals surface area contributed by atoms with E-state index < -0.39 is 28.5 Å². The highest BCUT2D eigenvalue weighted by atomic mass is 32.2. The van der Waals surface area contributed by atoms with Crippen LogP contribution in [0.15, 0.2) is 54.6 Å². The summed E-state index contributed by atoms with van der Waals surface area (Å²) in [6, 6.07) is 14.9. The van der Waals surface area contributed by atoms with Gasteiger partial charge in [0.1, 0.15) is 6.54 Å². The monoisotopic (exact) mass is 428 g/mol. The number of carbonyl (C=O) groups is 4. The van der Waals surface area contributed by atoms with E-state index in [1.54, 1.807) is 43.3 Å². The Labute approximate surface area is 177 Å². The quantitative estimate of drug-likeness (QED) is 0.640. The number of para-hydroxylation sites is 1. The highest BCUT2D eigenvalue weighted by Gasteiger charge is 2.43. The van der Waals surface area contributed by atoms with Crippen molar-refractivity contribution in [2.24, 2.45) is 0 Å². The first-order chi connectivity index (χ1) is 14.4. The van der Waals surface area contributed by atoms with Gasteiger partial charge in [-0.25, -0.2) is 4.79 Å². The lowest BCUT2D eigenvalue weighted by molar-refractivity contribution is -0.141. The Hall–Kier alpha value is -3.33. The predicted octanol–water partition coefficient (Wildman–Crippen LogP) is 2.98. The predicted molar refractivity (Wildman–Crippen MR) is 111 cm³/mol. The average molecular weight is 428 g/mol. The van der Waals surface area contributed by atoms with Gasteiger partial charge in [-0.15, -0.1) is 0 Å². The molecule has 2 aromatic rings. The zero-order chi connectivity index (χ0) is 21.7. The summed E-state index contributed by atoms with van der Waals surface area (Å²) in [6.07, 6.45) is 0. The Kier molecular flexibility index (Phi) is 6.73. The molecule has 1 unspecified atom stereocenters. The molecule has 156 valence electrons. The number of carbonyl (C=O) groups excluding carboxylic acids is 3. The van der Waals surface area contributed by atoms with E-state index in [-0.39, 0.29) is 25.3 Å². The molecule has 1 N–H and O–H groups in total. The summed E-state index contributed by atoms with van der Waals surface area (Å²) < 4.78 is 5.02. The number of carboxylic acid groups (broad SMARTS) is 1. The molecule has 2 aromatic carbocycles. The Morgan fingerprint density at radius 1 is 1.13 bits per heavy atom. The fraction of sp³-hybridized carbons (Fsp3) is 0.238. The number of hydrogen-bond donors (Lipinski definition) is 1. The SMILES string of the molecule is CCOC(=O)CN(c1ccccc1)C1SC(=O)N(Cc2cccc(C(=O)O)c2)C1=O. The second-order valence-electron chi connectivity index (χ2n) is 6.43. The molecule has 1 heterocycles. The maximum atomic E-state index is 13.1. The van der Waals surface area contributed by atoms with E-state index in [2.05, 4.69) is 0 Å². The number of nitrogens with zero attached hydrogens (tertiary/aromatic N) is 2. The largest absolute Gasteiger partial charge is 0.478 e. The highest BCUT2D eigenvalue weighted by molar-refractivity contribution is 8.15. The number of carboxylic acids is 1. The molecule has 9 heteroatoms. The molecule has 1 aliphatic heterocycles. The molecule has 0 aliphatic carbocycles. The average Bonchev–Trinajstić information content (AvgIpc) is 3.01. The van der Waals surface area contributed by atoms with Gasteiger partial charge in [0.25, 0.3) is 11.1 Å². The van der Waals surface area contributed by atoms with E-state index in [0.717, 1.165) is 16.7 Å². The molecule has 0 aromatic heterocycles. The normalized spacial score (nSPS) is 15.9. The minimum atomic E-state index is -1.09. The van der Waals surface area contributed by atoms with Crippen LogP contribution in [0.4, 0.5) is 10.5 Å². The van der Waals surface area contributed by atoms with Gasteiger partial charge in [-0.3, -0.25) is 19.3 Å². The van der Waals surface area contributed by atoms with Crippen LogP contribution in [-0.4, -0.2) is 51.6 Å². The second-order valence-corrected chi connectivity index (χ2v) is 7.47. The molecule has 1 saturated heterocycles. The van der Waals surface area contributed by atoms with Crippen LogP contribution >= 0.6 is 11.8 Å². The van der Waals surface area contributed by atoms with Crippen LogP contribution in [0.1, 0.15) is 22.8 Å². The number of benzene rings is 2. The first-order valence-corrected chi connectivity index (χ1v) is 10.1. The summed E-state index contributed by atoms with van der Waals surface area (Å²) in [5.41, 5.74) is 1.21. The van der Waals surface area contributed by atoms with Crippen molar-refractivity contribution in [1.29, 1.82) is 0 Å². The van der Waals surface area contributed by atoms with E-state index in [1.807, 2.05) is 6.07 Å². The fourth-order valence-corrected chi connectivity index (χ4v) is 4.06. The number of aromatic carboxylic acids is 1. The Bertz CT molecular complexity index is 965. The molecule has 30 heavy (non-hydrogen) atoms. The topological polar surface area (TPSA) is 104 Å². The smallest absolute Gasteiger partial charge is 0.335 e. The van der Waals surface area contributed by atoms with E-state index in [0.29, 0.717) is 11.3 Å². The van der Waals surface area contributed by atoms with Crippen molar-refractivity contribution >= 4 is 40.5 Å². The van der Waals surface area contributed by atoms with Crippen LogP contribution in [-0.2, 0) is 20.9 Å². The molecule has 3 rings (SSSR count). The Balaban J connectivity index is 1.83. The van der Waals surface area contributed by atoms with Crippen LogP contribution in [0.5, 0.6) is 0 Å². The van der Waals surface area contributed by atoms with Crippen LogP contribution in [0, 0.1) is 0 Å². The van der Waals surface area contributed by atoms with Gasteiger partial charge >= 0.3 is 11.9 Å². The van der Waals surface area contributed by atoms with Crippen molar-refractivity contribution in [2.45, 2.75) is 18.8 Å². The molecule has 0 bridgehead atoms. The number of rotatable bonds is 8. The second kappa shape index (κ2) is 9.45. The summed E-state index contributed by atoms with van der Waals surface area (Å²) in [5.74, 6) is -2.07. The van der Waals surface area contributed by atoms with E-state index in [4.69, 9.17) is 9.84 Å². The highest BCUT2D eigenvalue weighted by Crippen LogP contribution is 2.33. The van der Waals surface area contributed by atoms with Crippen LogP contribution in [0.3, 0.4) is 0 Å². The number of esters is 1. The molecule has 1 atom stereocenters. The zero-order valence-electron chi connectivity index (χ0n) is 16.2. The number of imide groups is 1. The lowest BCUT2D eigenvalue weighted by atomic mass is 10.1. The first kappa shape index (κ1) is 21.4. The third-order valence-electron chi connectivity index (χ3n) is 4.40. The molecule has 0 radical (unpaired) electrons. The summed E-state index contributed by atoms with van der Waals surface area (Å²) >= 11 is 0.814. The molecule has 1 fully saturated rings. The maximum absolute atomic E-state index is 13.1. The van der Waals surface area contributed by atoms with Gasteiger partial charge in [-0.2, -0.15) is 0 Å². The molecule has 1 aliphatic rings. The third kappa shape index (κ3) is 4.80. The summed E-state index contributed by atoms with van der Waals surface area (Å²) in [5, 5.41) is 7.75. The van der Waals surface area contributed by atoms with Gasteiger partial charge in [-0.05, 0) is 48.5 Å². The van der Waals surface area contributed by atoms with Crippen molar-refractivity contribution in [3.63, 3.8) is 0 Å². The Morgan fingerprint density at radius 3 is 2.53 bits per heavy atom. The number of amides is 2. The van der Waals surface area contributed by atoms with Gasteiger partial charge in [-0.1, -0.05) is 30.3 Å². The van der Waals surface area contributed by atoms with E-state index >= 15 is 0 Å². The third-order valence-corrected chi connectivity index (χ3v) is 5.50. The lowest BCUT2D eigenvalue weighted by Gasteiger charge is -2.27. The Morgan fingerprint density at radius 2 is 1.87 bits per heavy atom. The molecular formula is C21H20N2O6S. The fourth-order valence-electron chi connectivity index (χ4n) is 3.03. The minimum Gasteiger partial charge on any atom is -0.478 e. The zero-order valence-corrected chi connectivity index (χ0v) is 17.0. The van der Waals surface area contributed by atoms with E-state index in [9.17, 15) is 19.2 Å². The molecule has 0 spiro atoms. The van der Waals surface area contributed by atoms with Gasteiger partial charge in [0.05, 0.1) is 18.7 Å². The van der Waals surface area contributed by atoms with Crippen LogP contribution in [0.25, 0.3) is 0 Å². The standard InChI is InChI=1S/C21H20N2O6S/c1-2-29-17(24)13-22(16-9-4-3-5-10-16)19-18(25)23(21(28)30-19)12-14-7-6-8-15(11-14)20(26)27/h3-11,19H,2,12-13H2,1H3,(H,26,27). The summed E-state index contributed by atoms with van der Waals surface area (Å²) in [7, 11) is 0. The van der Waals surface area contributed by atoms with Crippen molar-refractivity contribution < 1.29 is 29.0 Å². The molecule has 2 amide bonds. The minimum absolute atomic E-state index is 0.0513. The summed E-state index contributed by atoms with van der Waals surface area (Å²) in [4.78, 5) is 51.5. The van der Waals surface area contributed by atoms with E-state index in [1.165, 1.54) is 17.0 Å². The number of hydrogen-bond acceptors (Lipinski definition) is 7. The van der Waals surface area contributed by atoms with Gasteiger partial charge in [0.15, 0.2) is 5.37 Å². The van der Waals surface area contributed by atoms with Crippen LogP contribution < -0.4 is 4.90 Å². The number of anilines is 1. The summed E-state index contributed by atoms with van der Waals surface area (Å²) in [6.45, 7) is 1.66. The van der Waals surface area contributed by atoms with Gasteiger partial charge in [0, 0.05) is 5.69 Å². The van der Waals surface area contributed by atoms with Crippen molar-refractivity contribution in [3.05, 3.63) is 65.7 Å². The molecule has 8 nitrogen and oxygen atoms in total.